The van der Waals surface area contributed by atoms with Crippen molar-refractivity contribution in [2.75, 3.05) is 20.8 Å². The zero-order valence-corrected chi connectivity index (χ0v) is 18.1. The average molecular weight is 468 g/mol. The number of aliphatic hydroxyl groups excluding tert-OH is 1. The standard InChI is InChI=1S/C24H20O10/c1-30-15-5-10(3-4-13(15)27)21-18(9-25)33-24-22-12(8-17(31-2)23(24)34-21)20(29)19-14(28)6-11(26)7-16(19)32-22/h3-8,18,21,25-28H,9H2,1-2H3/t18-,21-/m1/s1. The number of aromatic hydroxyl groups is 3. The lowest BCUT2D eigenvalue weighted by molar-refractivity contribution is -0.0134. The molecule has 0 spiro atoms. The molecule has 5 rings (SSSR count). The smallest absolute Gasteiger partial charge is 0.209 e. The summed E-state index contributed by atoms with van der Waals surface area (Å²) >= 11 is 0. The van der Waals surface area contributed by atoms with E-state index in [1.807, 2.05) is 0 Å². The third kappa shape index (κ3) is 3.19. The number of rotatable bonds is 4. The van der Waals surface area contributed by atoms with E-state index in [4.69, 9.17) is 23.4 Å². The number of phenols is 3. The Morgan fingerprint density at radius 3 is 2.38 bits per heavy atom. The number of methoxy groups -OCH3 is 2. The van der Waals surface area contributed by atoms with Gasteiger partial charge in [-0.1, -0.05) is 6.07 Å². The molecule has 1 aliphatic rings. The van der Waals surface area contributed by atoms with Crippen molar-refractivity contribution < 1.29 is 43.8 Å². The van der Waals surface area contributed by atoms with Gasteiger partial charge in [-0.3, -0.25) is 4.79 Å². The SMILES string of the molecule is COc1cc([C@H]2Oc3c(OC)cc4c(=O)c5c(O)cc(O)cc5oc4c3O[C@@H]2CO)ccc1O. The van der Waals surface area contributed by atoms with Gasteiger partial charge in [0.2, 0.25) is 16.9 Å². The number of fused-ring (bicyclic) bond motifs is 4. The molecule has 0 unspecified atom stereocenters. The van der Waals surface area contributed by atoms with E-state index in [1.165, 1.54) is 32.4 Å². The molecule has 0 saturated heterocycles. The molecule has 1 aliphatic heterocycles. The summed E-state index contributed by atoms with van der Waals surface area (Å²) in [6, 6.07) is 8.24. The molecular weight excluding hydrogens is 448 g/mol. The van der Waals surface area contributed by atoms with E-state index < -0.39 is 30.0 Å². The van der Waals surface area contributed by atoms with E-state index in [1.54, 1.807) is 12.1 Å². The van der Waals surface area contributed by atoms with Crippen molar-refractivity contribution >= 4 is 21.9 Å². The molecule has 34 heavy (non-hydrogen) atoms. The summed E-state index contributed by atoms with van der Waals surface area (Å²) in [4.78, 5) is 13.2. The molecule has 4 aromatic rings. The quantitative estimate of drug-likeness (QED) is 0.329. The monoisotopic (exact) mass is 468 g/mol. The molecule has 0 radical (unpaired) electrons. The molecular formula is C24H20O10. The maximum Gasteiger partial charge on any atom is 0.209 e. The lowest BCUT2D eigenvalue weighted by Gasteiger charge is -2.34. The first-order valence-electron chi connectivity index (χ1n) is 10.2. The molecule has 0 bridgehead atoms. The first-order chi connectivity index (χ1) is 16.4. The summed E-state index contributed by atoms with van der Waals surface area (Å²) in [6.45, 7) is -0.453. The van der Waals surface area contributed by atoms with Gasteiger partial charge in [-0.25, -0.2) is 0 Å². The lowest BCUT2D eigenvalue weighted by atomic mass is 10.0. The molecule has 0 amide bonds. The molecule has 2 heterocycles. The molecule has 0 fully saturated rings. The fourth-order valence-corrected chi connectivity index (χ4v) is 4.08. The minimum atomic E-state index is -0.921. The third-order valence-electron chi connectivity index (χ3n) is 5.69. The summed E-state index contributed by atoms with van der Waals surface area (Å²) in [5.74, 6) is -0.255. The Labute approximate surface area is 191 Å². The maximum absolute atomic E-state index is 13.2. The number of hydrogen-bond acceptors (Lipinski definition) is 10. The van der Waals surface area contributed by atoms with E-state index in [0.717, 1.165) is 6.07 Å². The van der Waals surface area contributed by atoms with Crippen LogP contribution in [0, 0.1) is 0 Å². The van der Waals surface area contributed by atoms with Crippen LogP contribution < -0.4 is 24.4 Å². The van der Waals surface area contributed by atoms with Gasteiger partial charge in [-0.2, -0.15) is 0 Å². The van der Waals surface area contributed by atoms with Gasteiger partial charge in [0.1, 0.15) is 22.5 Å². The molecule has 10 heteroatoms. The highest BCUT2D eigenvalue weighted by molar-refractivity contribution is 5.98. The topological polar surface area (TPSA) is 148 Å². The summed E-state index contributed by atoms with van der Waals surface area (Å²) < 4.78 is 28.7. The zero-order valence-electron chi connectivity index (χ0n) is 18.1. The number of ether oxygens (including phenoxy) is 4. The number of hydrogen-bond donors (Lipinski definition) is 4. The van der Waals surface area contributed by atoms with Gasteiger partial charge in [0, 0.05) is 17.7 Å². The van der Waals surface area contributed by atoms with Gasteiger partial charge in [-0.15, -0.1) is 0 Å². The second-order valence-electron chi connectivity index (χ2n) is 7.69. The Bertz CT molecular complexity index is 1490. The highest BCUT2D eigenvalue weighted by atomic mass is 16.6. The summed E-state index contributed by atoms with van der Waals surface area (Å²) in [5, 5.41) is 39.9. The van der Waals surface area contributed by atoms with Crippen LogP contribution in [0.15, 0.2) is 45.6 Å². The molecule has 0 aliphatic carbocycles. The molecule has 4 N–H and O–H groups in total. The van der Waals surface area contributed by atoms with Crippen LogP contribution in [0.2, 0.25) is 0 Å². The minimum absolute atomic E-state index is 0.00140. The highest BCUT2D eigenvalue weighted by Crippen LogP contribution is 2.50. The average Bonchev–Trinajstić information content (AvgIpc) is 2.82. The Balaban J connectivity index is 1.75. The fraction of sp³-hybridized carbons (Fsp3) is 0.208. The van der Waals surface area contributed by atoms with Gasteiger partial charge < -0.3 is 43.8 Å². The molecule has 10 nitrogen and oxygen atoms in total. The zero-order chi connectivity index (χ0) is 24.1. The maximum atomic E-state index is 13.2. The summed E-state index contributed by atoms with van der Waals surface area (Å²) in [6.07, 6.45) is -1.74. The van der Waals surface area contributed by atoms with Crippen LogP contribution in [0.25, 0.3) is 21.9 Å². The van der Waals surface area contributed by atoms with Crippen LogP contribution >= 0.6 is 0 Å². The van der Waals surface area contributed by atoms with Gasteiger partial charge in [0.05, 0.1) is 26.2 Å². The first kappa shape index (κ1) is 21.5. The predicted octanol–water partition coefficient (Wildman–Crippen LogP) is 2.95. The Kier molecular flexibility index (Phi) is 5.02. The van der Waals surface area contributed by atoms with Crippen molar-refractivity contribution in [3.63, 3.8) is 0 Å². The number of benzene rings is 3. The van der Waals surface area contributed by atoms with Crippen LogP contribution in [0.5, 0.6) is 40.2 Å². The van der Waals surface area contributed by atoms with Crippen molar-refractivity contribution in [1.82, 2.24) is 0 Å². The normalized spacial score (nSPS) is 17.1. The molecule has 2 atom stereocenters. The van der Waals surface area contributed by atoms with E-state index >= 15 is 0 Å². The van der Waals surface area contributed by atoms with Gasteiger partial charge in [0.15, 0.2) is 35.0 Å². The second kappa shape index (κ2) is 7.92. The Morgan fingerprint density at radius 1 is 0.912 bits per heavy atom. The van der Waals surface area contributed by atoms with Gasteiger partial charge >= 0.3 is 0 Å². The van der Waals surface area contributed by atoms with Crippen molar-refractivity contribution in [1.29, 1.82) is 0 Å². The molecule has 1 aromatic heterocycles. The first-order valence-corrected chi connectivity index (χ1v) is 10.2. The van der Waals surface area contributed by atoms with E-state index in [9.17, 15) is 25.2 Å². The largest absolute Gasteiger partial charge is 0.508 e. The van der Waals surface area contributed by atoms with E-state index in [-0.39, 0.29) is 56.4 Å². The van der Waals surface area contributed by atoms with Crippen LogP contribution in [-0.2, 0) is 0 Å². The number of phenolic OH excluding ortho intramolecular Hbond substituents is 3. The van der Waals surface area contributed by atoms with Crippen LogP contribution in [-0.4, -0.2) is 47.4 Å². The highest BCUT2D eigenvalue weighted by Gasteiger charge is 2.37. The van der Waals surface area contributed by atoms with Gasteiger partial charge in [-0.05, 0) is 18.2 Å². The summed E-state index contributed by atoms with van der Waals surface area (Å²) in [7, 11) is 2.80. The lowest BCUT2D eigenvalue weighted by Crippen LogP contribution is -2.36. The van der Waals surface area contributed by atoms with Crippen molar-refractivity contribution in [2.45, 2.75) is 12.2 Å². The van der Waals surface area contributed by atoms with Crippen LogP contribution in [0.1, 0.15) is 11.7 Å². The fourth-order valence-electron chi connectivity index (χ4n) is 4.08. The minimum Gasteiger partial charge on any atom is -0.508 e. The van der Waals surface area contributed by atoms with E-state index in [2.05, 4.69) is 0 Å². The molecule has 0 saturated carbocycles. The Morgan fingerprint density at radius 2 is 1.68 bits per heavy atom. The van der Waals surface area contributed by atoms with Crippen molar-refractivity contribution in [2.24, 2.45) is 0 Å². The van der Waals surface area contributed by atoms with Crippen molar-refractivity contribution in [3.05, 3.63) is 52.2 Å². The third-order valence-corrected chi connectivity index (χ3v) is 5.69. The molecule has 176 valence electrons. The van der Waals surface area contributed by atoms with E-state index in [0.29, 0.717) is 5.56 Å². The van der Waals surface area contributed by atoms with Gasteiger partial charge in [0.25, 0.3) is 0 Å². The second-order valence-corrected chi connectivity index (χ2v) is 7.69. The number of aliphatic hydroxyl groups is 1. The van der Waals surface area contributed by atoms with Crippen LogP contribution in [0.3, 0.4) is 0 Å². The summed E-state index contributed by atoms with van der Waals surface area (Å²) in [5.41, 5.74) is -0.0731. The Hall–Kier alpha value is -4.31. The molecule has 3 aromatic carbocycles. The van der Waals surface area contributed by atoms with Crippen LogP contribution in [0.4, 0.5) is 0 Å². The predicted molar refractivity (Wildman–Crippen MR) is 119 cm³/mol. The van der Waals surface area contributed by atoms with Crippen molar-refractivity contribution in [3.8, 4) is 40.2 Å².